The molecule has 2 aliphatic rings. The summed E-state index contributed by atoms with van der Waals surface area (Å²) in [7, 11) is 2.22. The molecule has 3 heteroatoms. The summed E-state index contributed by atoms with van der Waals surface area (Å²) in [5.41, 5.74) is 0.763. The van der Waals surface area contributed by atoms with Gasteiger partial charge in [-0.05, 0) is 48.6 Å². The molecule has 0 spiro atoms. The maximum absolute atomic E-state index is 12.4. The Balaban J connectivity index is 1.72. The van der Waals surface area contributed by atoms with Gasteiger partial charge >= 0.3 is 0 Å². The summed E-state index contributed by atoms with van der Waals surface area (Å²) in [6.07, 6.45) is 8.16. The minimum absolute atomic E-state index is 0.175. The van der Waals surface area contributed by atoms with Crippen molar-refractivity contribution in [1.82, 2.24) is 9.80 Å². The second-order valence-electron chi connectivity index (χ2n) is 9.80. The van der Waals surface area contributed by atoms with Crippen molar-refractivity contribution < 1.29 is 5.11 Å². The van der Waals surface area contributed by atoms with E-state index in [4.69, 9.17) is 0 Å². The average Bonchev–Trinajstić information content (AvgIpc) is 2.78. The van der Waals surface area contributed by atoms with Gasteiger partial charge in [0.05, 0.1) is 5.60 Å². The topological polar surface area (TPSA) is 26.7 Å². The molecular weight excluding hydrogens is 368 g/mol. The Labute approximate surface area is 183 Å². The van der Waals surface area contributed by atoms with E-state index in [2.05, 4.69) is 66.2 Å². The lowest BCUT2D eigenvalue weighted by atomic mass is 9.64. The van der Waals surface area contributed by atoms with Gasteiger partial charge in [0.15, 0.2) is 0 Å². The van der Waals surface area contributed by atoms with Gasteiger partial charge in [0.25, 0.3) is 0 Å². The van der Waals surface area contributed by atoms with Gasteiger partial charge in [-0.25, -0.2) is 0 Å². The van der Waals surface area contributed by atoms with Crippen molar-refractivity contribution in [3.8, 4) is 0 Å². The summed E-state index contributed by atoms with van der Waals surface area (Å²) in [5, 5.41) is 15.0. The first-order chi connectivity index (χ1) is 14.6. The zero-order chi connectivity index (χ0) is 21.0. The van der Waals surface area contributed by atoms with Crippen molar-refractivity contribution >= 4 is 10.8 Å². The number of nitrogens with zero attached hydrogens (tertiary/aromatic N) is 2. The molecule has 1 aliphatic heterocycles. The Morgan fingerprint density at radius 1 is 1.03 bits per heavy atom. The molecule has 3 nitrogen and oxygen atoms in total. The first kappa shape index (κ1) is 21.8. The Morgan fingerprint density at radius 2 is 1.80 bits per heavy atom. The molecule has 30 heavy (non-hydrogen) atoms. The number of fused-ring (bicyclic) bond motifs is 1. The first-order valence-corrected chi connectivity index (χ1v) is 12.2. The van der Waals surface area contributed by atoms with Crippen LogP contribution in [0.15, 0.2) is 42.5 Å². The van der Waals surface area contributed by atoms with Gasteiger partial charge in [-0.3, -0.25) is 0 Å². The average molecular weight is 409 g/mol. The summed E-state index contributed by atoms with van der Waals surface area (Å²) in [6.45, 7) is 7.70. The second-order valence-corrected chi connectivity index (χ2v) is 9.80. The van der Waals surface area contributed by atoms with Gasteiger partial charge < -0.3 is 14.9 Å². The van der Waals surface area contributed by atoms with E-state index in [1.165, 1.54) is 42.0 Å². The van der Waals surface area contributed by atoms with Crippen LogP contribution in [0.1, 0.15) is 63.4 Å². The van der Waals surface area contributed by atoms with Gasteiger partial charge in [0.2, 0.25) is 0 Å². The summed E-state index contributed by atoms with van der Waals surface area (Å²) in [6, 6.07) is 15.5. The normalized spacial score (nSPS) is 27.4. The van der Waals surface area contributed by atoms with Crippen LogP contribution in [-0.2, 0) is 0 Å². The number of unbranched alkanes of at least 4 members (excludes halogenated alkanes) is 1. The Kier molecular flexibility index (Phi) is 7.12. The Bertz CT molecular complexity index is 808. The monoisotopic (exact) mass is 408 g/mol. The SMILES string of the molecule is CCCCC1CCCCC1(O)C(CN1CCN(C)CC1)c1cccc2ccccc12. The van der Waals surface area contributed by atoms with E-state index in [1.807, 2.05) is 0 Å². The largest absolute Gasteiger partial charge is 0.389 e. The highest BCUT2D eigenvalue weighted by Crippen LogP contribution is 2.47. The van der Waals surface area contributed by atoms with Crippen molar-refractivity contribution in [3.63, 3.8) is 0 Å². The van der Waals surface area contributed by atoms with Crippen LogP contribution >= 0.6 is 0 Å². The molecule has 3 unspecified atom stereocenters. The van der Waals surface area contributed by atoms with E-state index in [-0.39, 0.29) is 5.92 Å². The summed E-state index contributed by atoms with van der Waals surface area (Å²) < 4.78 is 0. The molecule has 3 atom stereocenters. The number of aliphatic hydroxyl groups is 1. The van der Waals surface area contributed by atoms with Gasteiger partial charge in [0, 0.05) is 38.6 Å². The van der Waals surface area contributed by atoms with Crippen LogP contribution in [0.4, 0.5) is 0 Å². The fraction of sp³-hybridized carbons (Fsp3) is 0.630. The molecule has 0 radical (unpaired) electrons. The third-order valence-electron chi connectivity index (χ3n) is 7.83. The molecule has 164 valence electrons. The lowest BCUT2D eigenvalue weighted by Gasteiger charge is -2.48. The number of hydrogen-bond acceptors (Lipinski definition) is 3. The Morgan fingerprint density at radius 3 is 2.60 bits per heavy atom. The van der Waals surface area contributed by atoms with Crippen LogP contribution in [0.3, 0.4) is 0 Å². The predicted molar refractivity (Wildman–Crippen MR) is 127 cm³/mol. The van der Waals surface area contributed by atoms with E-state index >= 15 is 0 Å². The minimum atomic E-state index is -0.596. The van der Waals surface area contributed by atoms with Crippen LogP contribution in [0.2, 0.25) is 0 Å². The summed E-state index contributed by atoms with van der Waals surface area (Å²) in [4.78, 5) is 5.03. The molecule has 1 saturated heterocycles. The highest BCUT2D eigenvalue weighted by Gasteiger charge is 2.46. The smallest absolute Gasteiger partial charge is 0.0756 e. The van der Waals surface area contributed by atoms with Crippen LogP contribution < -0.4 is 0 Å². The molecule has 2 aromatic rings. The number of piperazine rings is 1. The highest BCUT2D eigenvalue weighted by molar-refractivity contribution is 5.86. The molecular formula is C27H40N2O. The van der Waals surface area contributed by atoms with Crippen LogP contribution in [0.25, 0.3) is 10.8 Å². The zero-order valence-electron chi connectivity index (χ0n) is 19.0. The van der Waals surface area contributed by atoms with E-state index in [0.717, 1.165) is 52.0 Å². The molecule has 2 aromatic carbocycles. The lowest BCUT2D eigenvalue weighted by Crippen LogP contribution is -2.52. The quantitative estimate of drug-likeness (QED) is 0.675. The molecule has 4 rings (SSSR count). The molecule has 1 heterocycles. The molecule has 1 aliphatic carbocycles. The first-order valence-electron chi connectivity index (χ1n) is 12.2. The molecule has 0 amide bonds. The van der Waals surface area contributed by atoms with E-state index in [0.29, 0.717) is 5.92 Å². The highest BCUT2D eigenvalue weighted by atomic mass is 16.3. The van der Waals surface area contributed by atoms with Crippen molar-refractivity contribution in [1.29, 1.82) is 0 Å². The maximum Gasteiger partial charge on any atom is 0.0756 e. The number of likely N-dealkylation sites (N-methyl/N-ethyl adjacent to an activating group) is 1. The van der Waals surface area contributed by atoms with Gasteiger partial charge in [-0.15, -0.1) is 0 Å². The fourth-order valence-electron chi connectivity index (χ4n) is 5.93. The van der Waals surface area contributed by atoms with Gasteiger partial charge in [-0.1, -0.05) is 75.1 Å². The predicted octanol–water partition coefficient (Wildman–Crippen LogP) is 5.28. The number of rotatable bonds is 7. The summed E-state index contributed by atoms with van der Waals surface area (Å²) >= 11 is 0. The van der Waals surface area contributed by atoms with Crippen molar-refractivity contribution in [2.45, 2.75) is 63.4 Å². The van der Waals surface area contributed by atoms with Crippen LogP contribution in [-0.4, -0.2) is 60.3 Å². The van der Waals surface area contributed by atoms with E-state index in [1.54, 1.807) is 0 Å². The van der Waals surface area contributed by atoms with E-state index < -0.39 is 5.60 Å². The molecule has 0 aromatic heterocycles. The van der Waals surface area contributed by atoms with E-state index in [9.17, 15) is 5.11 Å². The van der Waals surface area contributed by atoms with Crippen LogP contribution in [0, 0.1) is 5.92 Å². The fourth-order valence-corrected chi connectivity index (χ4v) is 5.93. The van der Waals surface area contributed by atoms with Gasteiger partial charge in [0.1, 0.15) is 0 Å². The standard InChI is InChI=1S/C27H40N2O/c1-3-4-12-23-13-7-8-16-27(23,30)26(21-29-19-17-28(2)18-20-29)25-15-9-11-22-10-5-6-14-24(22)25/h5-6,9-11,14-15,23,26,30H,3-4,7-8,12-13,16-21H2,1-2H3. The Hall–Kier alpha value is -1.42. The van der Waals surface area contributed by atoms with Crippen LogP contribution in [0.5, 0.6) is 0 Å². The number of hydrogen-bond donors (Lipinski definition) is 1. The third-order valence-corrected chi connectivity index (χ3v) is 7.83. The molecule has 2 fully saturated rings. The minimum Gasteiger partial charge on any atom is -0.389 e. The third kappa shape index (κ3) is 4.59. The van der Waals surface area contributed by atoms with Gasteiger partial charge in [-0.2, -0.15) is 0 Å². The second kappa shape index (κ2) is 9.80. The van der Waals surface area contributed by atoms with Crippen molar-refractivity contribution in [2.24, 2.45) is 5.92 Å². The molecule has 1 N–H and O–H groups in total. The molecule has 0 bridgehead atoms. The zero-order valence-corrected chi connectivity index (χ0v) is 19.0. The summed E-state index contributed by atoms with van der Waals surface area (Å²) in [5.74, 6) is 0.594. The number of benzene rings is 2. The van der Waals surface area contributed by atoms with Crippen molar-refractivity contribution in [2.75, 3.05) is 39.8 Å². The lowest BCUT2D eigenvalue weighted by molar-refractivity contribution is -0.0816. The maximum atomic E-state index is 12.4. The molecule has 1 saturated carbocycles. The van der Waals surface area contributed by atoms with Crippen molar-refractivity contribution in [3.05, 3.63) is 48.0 Å².